The number of amides is 2. The minimum atomic E-state index is -0.478. The van der Waals surface area contributed by atoms with E-state index in [0.29, 0.717) is 22.8 Å². The van der Waals surface area contributed by atoms with E-state index in [4.69, 9.17) is 14.2 Å². The summed E-state index contributed by atoms with van der Waals surface area (Å²) in [5.41, 5.74) is 6.84. The van der Waals surface area contributed by atoms with Crippen LogP contribution >= 0.6 is 0 Å². The van der Waals surface area contributed by atoms with Crippen LogP contribution in [0.2, 0.25) is 0 Å². The molecule has 154 valence electrons. The molecule has 0 heterocycles. The molecule has 0 saturated carbocycles. The van der Waals surface area contributed by atoms with Gasteiger partial charge in [-0.2, -0.15) is 0 Å². The van der Waals surface area contributed by atoms with Gasteiger partial charge in [-0.05, 0) is 57.2 Å². The fourth-order valence-electron chi connectivity index (χ4n) is 2.54. The van der Waals surface area contributed by atoms with Crippen molar-refractivity contribution >= 4 is 17.9 Å². The summed E-state index contributed by atoms with van der Waals surface area (Å²) in [4.78, 5) is 24.3. The summed E-state index contributed by atoms with van der Waals surface area (Å²) in [6.45, 7) is 5.74. The molecule has 0 unspecified atom stereocenters. The highest BCUT2D eigenvalue weighted by atomic mass is 16.5. The van der Waals surface area contributed by atoms with Gasteiger partial charge >= 0.3 is 0 Å². The number of rotatable bonds is 7. The summed E-state index contributed by atoms with van der Waals surface area (Å²) in [6, 6.07) is 10.4. The zero-order valence-corrected chi connectivity index (χ0v) is 17.2. The normalized spacial score (nSPS) is 10.7. The van der Waals surface area contributed by atoms with Gasteiger partial charge in [0.15, 0.2) is 11.5 Å². The fourth-order valence-corrected chi connectivity index (χ4v) is 2.54. The van der Waals surface area contributed by atoms with Crippen molar-refractivity contribution in [2.75, 3.05) is 14.2 Å². The maximum Gasteiger partial charge on any atom is 0.269 e. The van der Waals surface area contributed by atoms with Crippen LogP contribution in [0.15, 0.2) is 42.5 Å². The first-order chi connectivity index (χ1) is 13.8. The number of hydrogen-bond acceptors (Lipinski definition) is 5. The van der Waals surface area contributed by atoms with Crippen LogP contribution in [0.1, 0.15) is 35.3 Å². The predicted octanol–water partition coefficient (Wildman–Crippen LogP) is 3.27. The van der Waals surface area contributed by atoms with E-state index in [2.05, 4.69) is 10.9 Å². The molecule has 0 fully saturated rings. The highest BCUT2D eigenvalue weighted by Gasteiger charge is 2.12. The van der Waals surface area contributed by atoms with Crippen molar-refractivity contribution in [1.29, 1.82) is 0 Å². The molecule has 0 aliphatic carbocycles. The molecule has 0 radical (unpaired) electrons. The molecule has 2 aromatic carbocycles. The smallest absolute Gasteiger partial charge is 0.269 e. The van der Waals surface area contributed by atoms with E-state index >= 15 is 0 Å². The monoisotopic (exact) mass is 398 g/mol. The minimum absolute atomic E-state index is 0.0262. The average molecular weight is 398 g/mol. The maximum absolute atomic E-state index is 12.3. The largest absolute Gasteiger partial charge is 0.496 e. The Hall–Kier alpha value is -3.48. The third-order valence-electron chi connectivity index (χ3n) is 3.89. The molecule has 29 heavy (non-hydrogen) atoms. The Morgan fingerprint density at radius 2 is 1.62 bits per heavy atom. The number of hydrogen-bond donors (Lipinski definition) is 2. The van der Waals surface area contributed by atoms with Crippen molar-refractivity contribution in [1.82, 2.24) is 10.9 Å². The lowest BCUT2D eigenvalue weighted by Crippen LogP contribution is -2.40. The molecule has 2 N–H and O–H groups in total. The number of hydrazine groups is 1. The third kappa shape index (κ3) is 6.27. The molecule has 7 nitrogen and oxygen atoms in total. The number of aryl methyl sites for hydroxylation is 1. The summed E-state index contributed by atoms with van der Waals surface area (Å²) in [7, 11) is 3.06. The van der Waals surface area contributed by atoms with Crippen molar-refractivity contribution in [3.63, 3.8) is 0 Å². The van der Waals surface area contributed by atoms with Crippen molar-refractivity contribution < 1.29 is 23.8 Å². The quantitative estimate of drug-likeness (QED) is 0.552. The van der Waals surface area contributed by atoms with Gasteiger partial charge in [0.05, 0.1) is 20.3 Å². The number of carbonyl (C=O) groups excluding carboxylic acids is 2. The molecule has 0 aliphatic heterocycles. The minimum Gasteiger partial charge on any atom is -0.496 e. The second kappa shape index (κ2) is 10.2. The molecule has 0 aromatic heterocycles. The zero-order valence-electron chi connectivity index (χ0n) is 17.2. The van der Waals surface area contributed by atoms with Crippen molar-refractivity contribution in [2.45, 2.75) is 26.9 Å². The van der Waals surface area contributed by atoms with E-state index in [-0.39, 0.29) is 6.10 Å². The van der Waals surface area contributed by atoms with E-state index < -0.39 is 11.8 Å². The van der Waals surface area contributed by atoms with E-state index in [0.717, 1.165) is 11.1 Å². The van der Waals surface area contributed by atoms with E-state index in [1.165, 1.54) is 13.2 Å². The summed E-state index contributed by atoms with van der Waals surface area (Å²) in [6.07, 6.45) is 2.91. The standard InChI is InChI=1S/C22H26N2O5/c1-14(2)29-19-10-7-17(13-20(19)28-5)22(26)24-23-21(25)11-8-16-12-15(3)6-9-18(16)27-4/h6-14H,1-5H3,(H,23,25)(H,24,26)/b11-8+. The third-order valence-corrected chi connectivity index (χ3v) is 3.89. The highest BCUT2D eigenvalue weighted by Crippen LogP contribution is 2.28. The molecule has 7 heteroatoms. The Morgan fingerprint density at radius 1 is 0.931 bits per heavy atom. The summed E-state index contributed by atoms with van der Waals surface area (Å²) in [5, 5.41) is 0. The molecule has 2 rings (SSSR count). The van der Waals surface area contributed by atoms with E-state index in [1.807, 2.05) is 39.0 Å². The Kier molecular flexibility index (Phi) is 7.65. The predicted molar refractivity (Wildman–Crippen MR) is 111 cm³/mol. The van der Waals surface area contributed by atoms with Gasteiger partial charge in [-0.1, -0.05) is 11.6 Å². The van der Waals surface area contributed by atoms with Gasteiger partial charge < -0.3 is 14.2 Å². The Morgan fingerprint density at radius 3 is 2.28 bits per heavy atom. The van der Waals surface area contributed by atoms with Crippen molar-refractivity contribution in [2.24, 2.45) is 0 Å². The van der Waals surface area contributed by atoms with Gasteiger partial charge in [0.25, 0.3) is 11.8 Å². The zero-order chi connectivity index (χ0) is 21.4. The average Bonchev–Trinajstić information content (AvgIpc) is 2.70. The molecule has 0 aliphatic rings. The summed E-state index contributed by atoms with van der Waals surface area (Å²) < 4.78 is 16.2. The Balaban J connectivity index is 2.00. The molecule has 0 atom stereocenters. The topological polar surface area (TPSA) is 85.9 Å². The van der Waals surface area contributed by atoms with Crippen LogP contribution in [0.3, 0.4) is 0 Å². The molecule has 2 amide bonds. The summed E-state index contributed by atoms with van der Waals surface area (Å²) >= 11 is 0. The maximum atomic E-state index is 12.3. The van der Waals surface area contributed by atoms with Crippen LogP contribution < -0.4 is 25.1 Å². The SMILES string of the molecule is COc1ccc(C)cc1/C=C/C(=O)NNC(=O)c1ccc(OC(C)C)c(OC)c1. The van der Waals surface area contributed by atoms with Gasteiger partial charge in [0.1, 0.15) is 5.75 Å². The first-order valence-corrected chi connectivity index (χ1v) is 9.11. The van der Waals surface area contributed by atoms with Crippen LogP contribution in [0.4, 0.5) is 0 Å². The van der Waals surface area contributed by atoms with Crippen LogP contribution in [0, 0.1) is 6.92 Å². The molecule has 0 bridgehead atoms. The molecular formula is C22H26N2O5. The first kappa shape index (κ1) is 21.8. The Bertz CT molecular complexity index is 906. The second-order valence-electron chi connectivity index (χ2n) is 6.55. The number of methoxy groups -OCH3 is 2. The summed E-state index contributed by atoms with van der Waals surface area (Å²) in [5.74, 6) is 0.671. The van der Waals surface area contributed by atoms with Crippen molar-refractivity contribution in [3.05, 3.63) is 59.2 Å². The van der Waals surface area contributed by atoms with Gasteiger partial charge in [0.2, 0.25) is 0 Å². The number of benzene rings is 2. The van der Waals surface area contributed by atoms with Gasteiger partial charge in [-0.15, -0.1) is 0 Å². The van der Waals surface area contributed by atoms with Crippen LogP contribution in [-0.4, -0.2) is 32.1 Å². The number of carbonyl (C=O) groups is 2. The molecular weight excluding hydrogens is 372 g/mol. The lowest BCUT2D eigenvalue weighted by Gasteiger charge is -2.14. The molecule has 0 spiro atoms. The van der Waals surface area contributed by atoms with Crippen LogP contribution in [-0.2, 0) is 4.79 Å². The molecule has 0 saturated heterocycles. The van der Waals surface area contributed by atoms with Gasteiger partial charge in [-0.25, -0.2) is 0 Å². The fraction of sp³-hybridized carbons (Fsp3) is 0.273. The van der Waals surface area contributed by atoms with Crippen molar-refractivity contribution in [3.8, 4) is 17.2 Å². The number of nitrogens with one attached hydrogen (secondary N) is 2. The van der Waals surface area contributed by atoms with Crippen LogP contribution in [0.5, 0.6) is 17.2 Å². The second-order valence-corrected chi connectivity index (χ2v) is 6.55. The number of ether oxygens (including phenoxy) is 3. The Labute approximate surface area is 170 Å². The lowest BCUT2D eigenvalue weighted by molar-refractivity contribution is -0.117. The highest BCUT2D eigenvalue weighted by molar-refractivity contribution is 5.98. The van der Waals surface area contributed by atoms with E-state index in [1.54, 1.807) is 31.4 Å². The van der Waals surface area contributed by atoms with Gasteiger partial charge in [0, 0.05) is 17.2 Å². The van der Waals surface area contributed by atoms with Crippen LogP contribution in [0.25, 0.3) is 6.08 Å². The first-order valence-electron chi connectivity index (χ1n) is 9.11. The van der Waals surface area contributed by atoms with Gasteiger partial charge in [-0.3, -0.25) is 20.4 Å². The molecule has 2 aromatic rings. The lowest BCUT2D eigenvalue weighted by atomic mass is 10.1. The van der Waals surface area contributed by atoms with E-state index in [9.17, 15) is 9.59 Å².